The average Bonchev–Trinajstić information content (AvgIpc) is 2.98. The standard InChI is InChI=1S/C16H23N3OS/c1-4-9-20-16-12(17)7-8-14(19-16)18-15(11(2)3)13-6-5-10-21-13/h5-8,10-11,15H,4,9,17H2,1-3H3,(H,18,19). The van der Waals surface area contributed by atoms with Crippen molar-refractivity contribution in [2.24, 2.45) is 5.92 Å². The SMILES string of the molecule is CCCOc1nc(NC(c2cccs2)C(C)C)ccc1N. The summed E-state index contributed by atoms with van der Waals surface area (Å²) < 4.78 is 5.59. The molecule has 0 saturated carbocycles. The van der Waals surface area contributed by atoms with Crippen LogP contribution in [0.3, 0.4) is 0 Å². The highest BCUT2D eigenvalue weighted by Gasteiger charge is 2.17. The molecule has 114 valence electrons. The number of aromatic nitrogens is 1. The van der Waals surface area contributed by atoms with Gasteiger partial charge in [-0.1, -0.05) is 26.8 Å². The molecule has 3 N–H and O–H groups in total. The van der Waals surface area contributed by atoms with Crippen molar-refractivity contribution < 1.29 is 4.74 Å². The quantitative estimate of drug-likeness (QED) is 0.799. The van der Waals surface area contributed by atoms with E-state index in [0.717, 1.165) is 12.2 Å². The lowest BCUT2D eigenvalue weighted by atomic mass is 10.0. The number of thiophene rings is 1. The Morgan fingerprint density at radius 1 is 1.33 bits per heavy atom. The number of ether oxygens (including phenoxy) is 1. The molecule has 0 aliphatic heterocycles. The third-order valence-electron chi connectivity index (χ3n) is 3.15. The van der Waals surface area contributed by atoms with E-state index in [0.29, 0.717) is 24.1 Å². The van der Waals surface area contributed by atoms with E-state index < -0.39 is 0 Å². The number of rotatable bonds is 7. The van der Waals surface area contributed by atoms with Gasteiger partial charge in [-0.25, -0.2) is 0 Å². The summed E-state index contributed by atoms with van der Waals surface area (Å²) in [6.07, 6.45) is 0.933. The van der Waals surface area contributed by atoms with E-state index in [4.69, 9.17) is 10.5 Å². The predicted molar refractivity (Wildman–Crippen MR) is 90.0 cm³/mol. The Bertz CT molecular complexity index is 555. The lowest BCUT2D eigenvalue weighted by Gasteiger charge is -2.22. The fourth-order valence-electron chi connectivity index (χ4n) is 2.04. The molecule has 2 rings (SSSR count). The molecule has 0 aliphatic rings. The smallest absolute Gasteiger partial charge is 0.239 e. The second kappa shape index (κ2) is 7.31. The molecule has 0 aromatic carbocycles. The van der Waals surface area contributed by atoms with Gasteiger partial charge in [0.25, 0.3) is 0 Å². The van der Waals surface area contributed by atoms with Gasteiger partial charge in [0, 0.05) is 4.88 Å². The molecule has 21 heavy (non-hydrogen) atoms. The van der Waals surface area contributed by atoms with E-state index in [1.807, 2.05) is 12.1 Å². The number of hydrogen-bond acceptors (Lipinski definition) is 5. The zero-order valence-corrected chi connectivity index (χ0v) is 13.6. The molecule has 4 nitrogen and oxygen atoms in total. The van der Waals surface area contributed by atoms with Crippen LogP contribution in [-0.2, 0) is 0 Å². The van der Waals surface area contributed by atoms with Crippen LogP contribution in [0.1, 0.15) is 38.1 Å². The van der Waals surface area contributed by atoms with Crippen molar-refractivity contribution in [2.75, 3.05) is 17.7 Å². The summed E-state index contributed by atoms with van der Waals surface area (Å²) in [5, 5.41) is 5.58. The second-order valence-corrected chi connectivity index (χ2v) is 6.30. The monoisotopic (exact) mass is 305 g/mol. The third-order valence-corrected chi connectivity index (χ3v) is 4.11. The fraction of sp³-hybridized carbons (Fsp3) is 0.438. The van der Waals surface area contributed by atoms with Crippen LogP contribution in [0.4, 0.5) is 11.5 Å². The van der Waals surface area contributed by atoms with Crippen LogP contribution < -0.4 is 15.8 Å². The molecule has 0 spiro atoms. The van der Waals surface area contributed by atoms with Crippen LogP contribution in [0.5, 0.6) is 5.88 Å². The summed E-state index contributed by atoms with van der Waals surface area (Å²) in [6.45, 7) is 7.08. The molecule has 2 aromatic rings. The molecule has 5 heteroatoms. The summed E-state index contributed by atoms with van der Waals surface area (Å²) >= 11 is 1.75. The van der Waals surface area contributed by atoms with Gasteiger partial charge in [-0.3, -0.25) is 0 Å². The lowest BCUT2D eigenvalue weighted by molar-refractivity contribution is 0.307. The zero-order valence-electron chi connectivity index (χ0n) is 12.8. The van der Waals surface area contributed by atoms with Crippen molar-refractivity contribution in [3.63, 3.8) is 0 Å². The van der Waals surface area contributed by atoms with Crippen molar-refractivity contribution in [3.8, 4) is 5.88 Å². The minimum absolute atomic E-state index is 0.236. The molecule has 0 saturated heterocycles. The maximum Gasteiger partial charge on any atom is 0.239 e. The Morgan fingerprint density at radius 3 is 2.76 bits per heavy atom. The number of nitrogen functional groups attached to an aromatic ring is 1. The highest BCUT2D eigenvalue weighted by atomic mass is 32.1. The summed E-state index contributed by atoms with van der Waals surface area (Å²) in [5.41, 5.74) is 6.48. The summed E-state index contributed by atoms with van der Waals surface area (Å²) in [5.74, 6) is 1.76. The van der Waals surface area contributed by atoms with Crippen molar-refractivity contribution in [1.29, 1.82) is 0 Å². The van der Waals surface area contributed by atoms with Crippen molar-refractivity contribution >= 4 is 22.8 Å². The van der Waals surface area contributed by atoms with Crippen LogP contribution in [0.15, 0.2) is 29.6 Å². The van der Waals surface area contributed by atoms with Gasteiger partial charge in [0.05, 0.1) is 18.3 Å². The second-order valence-electron chi connectivity index (χ2n) is 5.32. The molecule has 0 fully saturated rings. The van der Waals surface area contributed by atoms with Gasteiger partial charge < -0.3 is 15.8 Å². The summed E-state index contributed by atoms with van der Waals surface area (Å²) in [6, 6.07) is 8.20. The Kier molecular flexibility index (Phi) is 5.44. The first-order chi connectivity index (χ1) is 10.1. The van der Waals surface area contributed by atoms with Crippen LogP contribution in [0.25, 0.3) is 0 Å². The molecule has 0 radical (unpaired) electrons. The minimum atomic E-state index is 0.236. The molecular weight excluding hydrogens is 282 g/mol. The normalized spacial score (nSPS) is 12.4. The highest BCUT2D eigenvalue weighted by Crippen LogP contribution is 2.30. The number of hydrogen-bond donors (Lipinski definition) is 2. The van der Waals surface area contributed by atoms with Crippen LogP contribution in [-0.4, -0.2) is 11.6 Å². The van der Waals surface area contributed by atoms with Gasteiger partial charge in [0.15, 0.2) is 0 Å². The van der Waals surface area contributed by atoms with Gasteiger partial charge in [-0.05, 0) is 35.9 Å². The third kappa shape index (κ3) is 4.11. The number of pyridine rings is 1. The first-order valence-corrected chi connectivity index (χ1v) is 8.19. The summed E-state index contributed by atoms with van der Waals surface area (Å²) in [4.78, 5) is 5.79. The Morgan fingerprint density at radius 2 is 2.14 bits per heavy atom. The van der Waals surface area contributed by atoms with Crippen molar-refractivity contribution in [2.45, 2.75) is 33.2 Å². The molecule has 0 aliphatic carbocycles. The molecule has 2 heterocycles. The number of nitrogens with zero attached hydrogens (tertiary/aromatic N) is 1. The van der Waals surface area contributed by atoms with E-state index in [9.17, 15) is 0 Å². The molecule has 1 unspecified atom stereocenters. The largest absolute Gasteiger partial charge is 0.476 e. The van der Waals surface area contributed by atoms with Crippen LogP contribution in [0.2, 0.25) is 0 Å². The average molecular weight is 305 g/mol. The van der Waals surface area contributed by atoms with Gasteiger partial charge in [0.1, 0.15) is 5.82 Å². The molecule has 1 atom stereocenters. The molecule has 0 bridgehead atoms. The fourth-order valence-corrected chi connectivity index (χ4v) is 2.99. The zero-order chi connectivity index (χ0) is 15.2. The Labute approximate surface area is 130 Å². The van der Waals surface area contributed by atoms with Gasteiger partial charge in [-0.2, -0.15) is 4.98 Å². The van der Waals surface area contributed by atoms with Gasteiger partial charge in [-0.15, -0.1) is 11.3 Å². The summed E-state index contributed by atoms with van der Waals surface area (Å²) in [7, 11) is 0. The van der Waals surface area contributed by atoms with E-state index in [-0.39, 0.29) is 6.04 Å². The van der Waals surface area contributed by atoms with E-state index in [1.54, 1.807) is 11.3 Å². The van der Waals surface area contributed by atoms with Crippen molar-refractivity contribution in [1.82, 2.24) is 4.98 Å². The lowest BCUT2D eigenvalue weighted by Crippen LogP contribution is -2.16. The first kappa shape index (κ1) is 15.6. The molecule has 0 amide bonds. The Hall–Kier alpha value is -1.75. The van der Waals surface area contributed by atoms with E-state index >= 15 is 0 Å². The molecule has 2 aromatic heterocycles. The van der Waals surface area contributed by atoms with Gasteiger partial charge >= 0.3 is 0 Å². The predicted octanol–water partition coefficient (Wildman–Crippen LogP) is 4.32. The molecular formula is C16H23N3OS. The van der Waals surface area contributed by atoms with Crippen molar-refractivity contribution in [3.05, 3.63) is 34.5 Å². The first-order valence-electron chi connectivity index (χ1n) is 7.31. The number of anilines is 2. The van der Waals surface area contributed by atoms with E-state index in [2.05, 4.69) is 48.6 Å². The number of nitrogens with two attached hydrogens (primary N) is 1. The van der Waals surface area contributed by atoms with Crippen LogP contribution in [0, 0.1) is 5.92 Å². The van der Waals surface area contributed by atoms with E-state index in [1.165, 1.54) is 4.88 Å². The topological polar surface area (TPSA) is 60.2 Å². The maximum atomic E-state index is 5.90. The number of nitrogens with one attached hydrogen (secondary N) is 1. The van der Waals surface area contributed by atoms with Crippen LogP contribution >= 0.6 is 11.3 Å². The Balaban J connectivity index is 2.17. The minimum Gasteiger partial charge on any atom is -0.476 e. The maximum absolute atomic E-state index is 5.90. The highest BCUT2D eigenvalue weighted by molar-refractivity contribution is 7.10. The van der Waals surface area contributed by atoms with Gasteiger partial charge in [0.2, 0.25) is 5.88 Å².